The summed E-state index contributed by atoms with van der Waals surface area (Å²) in [5, 5.41) is 11.4. The quantitative estimate of drug-likeness (QED) is 0.146. The zero-order valence-corrected chi connectivity index (χ0v) is 32.7. The maximum absolute atomic E-state index is 2.74. The Hall–Kier alpha value is -3.58. The van der Waals surface area contributed by atoms with Crippen LogP contribution in [0.2, 0.25) is 13.1 Å². The van der Waals surface area contributed by atoms with E-state index in [1.54, 1.807) is 0 Å². The van der Waals surface area contributed by atoms with Gasteiger partial charge in [0, 0.05) is 0 Å². The fourth-order valence-electron chi connectivity index (χ4n) is 9.35. The van der Waals surface area contributed by atoms with Gasteiger partial charge < -0.3 is 0 Å². The molecular weight excluding hydrogens is 672 g/mol. The SMILES string of the molecule is CC(C)C1(c2cccc3ccccc23)C=c2ccccc2=[C]1[Zr]([C]1=c2ccccc2=CC1(c1cccc2ccccc12)C(C)C)[SiH](C)C. The topological polar surface area (TPSA) is 0 Å². The standard InChI is InChI=1S/2C22H19.C2H7Si.Zr/c2*1-16(2)22(14-18-9-3-4-10-19(18)15-22)21-13-7-11-17-8-5-6-12-20(17)21;1-3-2;/h2*3-14,16H,1-2H3;3H,1-2H3;. The van der Waals surface area contributed by atoms with Crippen molar-refractivity contribution < 1.29 is 20.9 Å². The molecule has 6 aromatic rings. The second-order valence-corrected chi connectivity index (χ2v) is 33.6. The van der Waals surface area contributed by atoms with Gasteiger partial charge in [0.15, 0.2) is 0 Å². The summed E-state index contributed by atoms with van der Waals surface area (Å²) in [4.78, 5) is 0. The Kier molecular flexibility index (Phi) is 7.97. The van der Waals surface area contributed by atoms with Crippen LogP contribution in [0.3, 0.4) is 0 Å². The van der Waals surface area contributed by atoms with Gasteiger partial charge in [0.05, 0.1) is 0 Å². The van der Waals surface area contributed by atoms with Crippen LogP contribution in [0, 0.1) is 11.8 Å². The molecule has 8 rings (SSSR count). The molecular formula is C46H45SiZr. The van der Waals surface area contributed by atoms with Crippen molar-refractivity contribution in [2.24, 2.45) is 11.8 Å². The molecule has 0 fully saturated rings. The van der Waals surface area contributed by atoms with Crippen molar-refractivity contribution in [2.45, 2.75) is 51.6 Å². The van der Waals surface area contributed by atoms with Crippen molar-refractivity contribution in [3.63, 3.8) is 0 Å². The molecule has 6 aromatic carbocycles. The minimum atomic E-state index is -2.74. The van der Waals surface area contributed by atoms with E-state index in [4.69, 9.17) is 0 Å². The summed E-state index contributed by atoms with van der Waals surface area (Å²) >= 11 is -2.74. The van der Waals surface area contributed by atoms with Gasteiger partial charge in [-0.25, -0.2) is 0 Å². The fourth-order valence-corrected chi connectivity index (χ4v) is 31.5. The Labute approximate surface area is 294 Å². The molecule has 0 aliphatic heterocycles. The van der Waals surface area contributed by atoms with E-state index in [9.17, 15) is 0 Å². The monoisotopic (exact) mass is 715 g/mol. The minimum absolute atomic E-state index is 0.164. The molecule has 0 aromatic heterocycles. The number of fused-ring (bicyclic) bond motifs is 4. The molecule has 2 aliphatic carbocycles. The Morgan fingerprint density at radius 3 is 1.25 bits per heavy atom. The third-order valence-corrected chi connectivity index (χ3v) is 30.6. The van der Waals surface area contributed by atoms with Crippen LogP contribution < -0.4 is 20.9 Å². The van der Waals surface area contributed by atoms with E-state index in [2.05, 4.69) is 186 Å². The van der Waals surface area contributed by atoms with Crippen molar-refractivity contribution in [1.82, 2.24) is 0 Å². The first kappa shape index (κ1) is 31.7. The summed E-state index contributed by atoms with van der Waals surface area (Å²) in [6.45, 7) is 15.4. The van der Waals surface area contributed by atoms with Crippen molar-refractivity contribution in [3.8, 4) is 0 Å². The van der Waals surface area contributed by atoms with Crippen LogP contribution in [0.25, 0.3) is 40.3 Å². The average molecular weight is 717 g/mol. The van der Waals surface area contributed by atoms with Crippen LogP contribution >= 0.6 is 0 Å². The van der Waals surface area contributed by atoms with E-state index in [0.29, 0.717) is 11.8 Å². The molecule has 237 valence electrons. The summed E-state index contributed by atoms with van der Waals surface area (Å²) in [7, 11) is 0. The van der Waals surface area contributed by atoms with Gasteiger partial charge in [0.25, 0.3) is 0 Å². The van der Waals surface area contributed by atoms with Crippen LogP contribution in [-0.4, -0.2) is 5.92 Å². The molecule has 0 amide bonds. The summed E-state index contributed by atoms with van der Waals surface area (Å²) < 4.78 is 3.64. The number of hydrogen-bond donors (Lipinski definition) is 0. The predicted octanol–water partition coefficient (Wildman–Crippen LogP) is 8.29. The van der Waals surface area contributed by atoms with Gasteiger partial charge in [-0.3, -0.25) is 0 Å². The normalized spacial score (nSPS) is 20.0. The molecule has 0 nitrogen and oxygen atoms in total. The molecule has 0 heterocycles. The van der Waals surface area contributed by atoms with E-state index in [1.807, 2.05) is 6.56 Å². The molecule has 48 heavy (non-hydrogen) atoms. The van der Waals surface area contributed by atoms with E-state index < -0.39 is 26.8 Å². The van der Waals surface area contributed by atoms with Gasteiger partial charge in [-0.05, 0) is 0 Å². The summed E-state index contributed by atoms with van der Waals surface area (Å²) in [6.07, 6.45) is 5.42. The molecule has 0 N–H and O–H groups in total. The third-order valence-electron chi connectivity index (χ3n) is 11.5. The molecule has 2 aliphatic rings. The fraction of sp³-hybridized carbons (Fsp3) is 0.217. The number of hydrogen-bond acceptors (Lipinski definition) is 0. The van der Waals surface area contributed by atoms with Gasteiger partial charge >= 0.3 is 296 Å². The molecule has 0 spiro atoms. The van der Waals surface area contributed by atoms with Gasteiger partial charge in [-0.15, -0.1) is 0 Å². The van der Waals surface area contributed by atoms with E-state index in [1.165, 1.54) is 53.5 Å². The second-order valence-electron chi connectivity index (χ2n) is 14.9. The summed E-state index contributed by atoms with van der Waals surface area (Å²) in [5.41, 5.74) is 2.65. The van der Waals surface area contributed by atoms with Gasteiger partial charge in [-0.1, -0.05) is 0 Å². The van der Waals surface area contributed by atoms with E-state index in [-0.39, 0.29) is 10.8 Å². The van der Waals surface area contributed by atoms with Crippen LogP contribution in [-0.2, 0) is 31.7 Å². The predicted molar refractivity (Wildman–Crippen MR) is 207 cm³/mol. The Balaban J connectivity index is 1.54. The Morgan fingerprint density at radius 2 is 0.833 bits per heavy atom. The van der Waals surface area contributed by atoms with Gasteiger partial charge in [-0.2, -0.15) is 0 Å². The first-order valence-electron chi connectivity index (χ1n) is 17.8. The van der Waals surface area contributed by atoms with E-state index in [0.717, 1.165) is 0 Å². The Morgan fingerprint density at radius 1 is 0.458 bits per heavy atom. The second kappa shape index (κ2) is 12.1. The number of rotatable bonds is 7. The van der Waals surface area contributed by atoms with Gasteiger partial charge in [0.2, 0.25) is 0 Å². The Bertz CT molecular complexity index is 2290. The third kappa shape index (κ3) is 4.55. The van der Waals surface area contributed by atoms with Crippen LogP contribution in [0.4, 0.5) is 0 Å². The van der Waals surface area contributed by atoms with Crippen LogP contribution in [0.15, 0.2) is 133 Å². The summed E-state index contributed by atoms with van der Waals surface area (Å²) in [5.74, 6) is -0.437. The van der Waals surface area contributed by atoms with Crippen molar-refractivity contribution in [2.75, 3.05) is 0 Å². The first-order chi connectivity index (χ1) is 23.3. The molecule has 0 radical (unpaired) electrons. The summed E-state index contributed by atoms with van der Waals surface area (Å²) in [6, 6.07) is 51.2. The van der Waals surface area contributed by atoms with Crippen molar-refractivity contribution in [1.29, 1.82) is 0 Å². The molecule has 0 bridgehead atoms. The number of benzene rings is 6. The molecule has 2 atom stereocenters. The molecule has 0 saturated carbocycles. The van der Waals surface area contributed by atoms with Crippen LogP contribution in [0.1, 0.15) is 38.8 Å². The molecule has 2 heteroatoms. The average Bonchev–Trinajstić information content (AvgIpc) is 3.63. The molecule has 0 saturated heterocycles. The van der Waals surface area contributed by atoms with Crippen molar-refractivity contribution >= 4 is 46.2 Å². The van der Waals surface area contributed by atoms with Gasteiger partial charge in [0.1, 0.15) is 0 Å². The van der Waals surface area contributed by atoms with Crippen molar-refractivity contribution in [3.05, 3.63) is 165 Å². The zero-order chi connectivity index (χ0) is 33.2. The van der Waals surface area contributed by atoms with Crippen LogP contribution in [0.5, 0.6) is 0 Å². The maximum atomic E-state index is 2.71. The van der Waals surface area contributed by atoms with E-state index >= 15 is 0 Å². The zero-order valence-electron chi connectivity index (χ0n) is 29.1. The first-order valence-corrected chi connectivity index (χ1v) is 27.4. The molecule has 2 unspecified atom stereocenters.